The number of nitro groups is 1. The summed E-state index contributed by atoms with van der Waals surface area (Å²) < 4.78 is 5.00. The lowest BCUT2D eigenvalue weighted by Gasteiger charge is -2.24. The van der Waals surface area contributed by atoms with Crippen LogP contribution in [0.5, 0.6) is 5.75 Å². The number of hydrogen-bond donors (Lipinski definition) is 2. The van der Waals surface area contributed by atoms with Gasteiger partial charge in [0.15, 0.2) is 0 Å². The summed E-state index contributed by atoms with van der Waals surface area (Å²) in [5.41, 5.74) is -0.681. The fourth-order valence-electron chi connectivity index (χ4n) is 1.75. The number of rotatable bonds is 7. The van der Waals surface area contributed by atoms with Crippen LogP contribution in [-0.4, -0.2) is 36.2 Å². The van der Waals surface area contributed by atoms with E-state index in [2.05, 4.69) is 5.32 Å². The van der Waals surface area contributed by atoms with E-state index in [0.29, 0.717) is 13.2 Å². The Morgan fingerprint density at radius 3 is 2.71 bits per heavy atom. The molecule has 7 heteroatoms. The van der Waals surface area contributed by atoms with Crippen molar-refractivity contribution in [2.45, 2.75) is 20.3 Å². The highest BCUT2D eigenvalue weighted by Crippen LogP contribution is 2.24. The summed E-state index contributed by atoms with van der Waals surface area (Å²) in [6.07, 6.45) is 0.742. The zero-order valence-corrected chi connectivity index (χ0v) is 12.4. The first kappa shape index (κ1) is 16.9. The van der Waals surface area contributed by atoms with Crippen molar-refractivity contribution in [3.63, 3.8) is 0 Å². The van der Waals surface area contributed by atoms with E-state index in [1.165, 1.54) is 6.07 Å². The summed E-state index contributed by atoms with van der Waals surface area (Å²) in [5, 5.41) is 23.0. The van der Waals surface area contributed by atoms with E-state index in [9.17, 15) is 20.0 Å². The van der Waals surface area contributed by atoms with Gasteiger partial charge in [-0.15, -0.1) is 0 Å². The van der Waals surface area contributed by atoms with Gasteiger partial charge in [0.1, 0.15) is 11.3 Å². The van der Waals surface area contributed by atoms with E-state index in [-0.39, 0.29) is 22.4 Å². The Labute approximate surface area is 123 Å². The van der Waals surface area contributed by atoms with Gasteiger partial charge < -0.3 is 15.2 Å². The molecule has 0 fully saturated rings. The lowest BCUT2D eigenvalue weighted by molar-refractivity contribution is -0.385. The number of aromatic hydroxyl groups is 1. The van der Waals surface area contributed by atoms with Crippen LogP contribution in [0, 0.1) is 15.5 Å². The topological polar surface area (TPSA) is 102 Å². The molecule has 0 spiro atoms. The molecule has 0 aromatic heterocycles. The van der Waals surface area contributed by atoms with Crippen molar-refractivity contribution in [1.29, 1.82) is 0 Å². The van der Waals surface area contributed by atoms with Crippen molar-refractivity contribution >= 4 is 11.6 Å². The number of nitro benzene ring substituents is 1. The predicted molar refractivity (Wildman–Crippen MR) is 77.4 cm³/mol. The average molecular weight is 296 g/mol. The van der Waals surface area contributed by atoms with Crippen LogP contribution in [0.1, 0.15) is 30.6 Å². The van der Waals surface area contributed by atoms with E-state index in [1.54, 1.807) is 7.11 Å². The maximum Gasteiger partial charge on any atom is 0.282 e. The van der Waals surface area contributed by atoms with Gasteiger partial charge in [0.25, 0.3) is 11.6 Å². The minimum absolute atomic E-state index is 0.150. The largest absolute Gasteiger partial charge is 0.508 e. The summed E-state index contributed by atoms with van der Waals surface area (Å²) in [4.78, 5) is 22.3. The third-order valence-corrected chi connectivity index (χ3v) is 3.13. The Kier molecular flexibility index (Phi) is 5.66. The molecule has 1 aromatic carbocycles. The van der Waals surface area contributed by atoms with Crippen LogP contribution in [0.15, 0.2) is 18.2 Å². The zero-order valence-electron chi connectivity index (χ0n) is 12.4. The molecule has 0 atom stereocenters. The second-order valence-corrected chi connectivity index (χ2v) is 5.55. The number of nitrogens with one attached hydrogen (secondary N) is 1. The quantitative estimate of drug-likeness (QED) is 0.592. The maximum absolute atomic E-state index is 12.1. The normalized spacial score (nSPS) is 11.2. The van der Waals surface area contributed by atoms with Crippen molar-refractivity contribution in [2.24, 2.45) is 5.41 Å². The smallest absolute Gasteiger partial charge is 0.282 e. The van der Waals surface area contributed by atoms with Crippen LogP contribution in [0.4, 0.5) is 5.69 Å². The van der Waals surface area contributed by atoms with E-state index in [1.807, 2.05) is 13.8 Å². The SMILES string of the molecule is COCCC(C)(C)CNC(=O)c1cc(O)ccc1[N+](=O)[O-]. The van der Waals surface area contributed by atoms with Crippen molar-refractivity contribution in [1.82, 2.24) is 5.32 Å². The first-order valence-corrected chi connectivity index (χ1v) is 6.51. The van der Waals surface area contributed by atoms with Crippen LogP contribution in [0.3, 0.4) is 0 Å². The molecule has 0 radical (unpaired) electrons. The number of phenolic OH excluding ortho intramolecular Hbond substituents is 1. The van der Waals surface area contributed by atoms with Gasteiger partial charge in [-0.3, -0.25) is 14.9 Å². The lowest BCUT2D eigenvalue weighted by Crippen LogP contribution is -2.34. The molecule has 0 aliphatic rings. The standard InChI is InChI=1S/C14H20N2O5/c1-14(2,6-7-21-3)9-15-13(18)11-8-10(17)4-5-12(11)16(19)20/h4-5,8,17H,6-7,9H2,1-3H3,(H,15,18). The number of nitrogens with zero attached hydrogens (tertiary/aromatic N) is 1. The van der Waals surface area contributed by atoms with E-state index in [0.717, 1.165) is 18.6 Å². The summed E-state index contributed by atoms with van der Waals surface area (Å²) in [6.45, 7) is 4.84. The van der Waals surface area contributed by atoms with Gasteiger partial charge in [-0.2, -0.15) is 0 Å². The van der Waals surface area contributed by atoms with Crippen LogP contribution in [-0.2, 0) is 4.74 Å². The molecule has 7 nitrogen and oxygen atoms in total. The highest BCUT2D eigenvalue weighted by molar-refractivity contribution is 5.98. The molecule has 1 amide bonds. The highest BCUT2D eigenvalue weighted by Gasteiger charge is 2.23. The molecule has 0 aliphatic heterocycles. The van der Waals surface area contributed by atoms with Gasteiger partial charge in [0, 0.05) is 26.3 Å². The molecule has 0 saturated heterocycles. The maximum atomic E-state index is 12.1. The van der Waals surface area contributed by atoms with Crippen molar-refractivity contribution < 1.29 is 19.6 Å². The van der Waals surface area contributed by atoms with Gasteiger partial charge >= 0.3 is 0 Å². The third-order valence-electron chi connectivity index (χ3n) is 3.13. The number of hydrogen-bond acceptors (Lipinski definition) is 5. The van der Waals surface area contributed by atoms with E-state index >= 15 is 0 Å². The molecule has 0 heterocycles. The minimum Gasteiger partial charge on any atom is -0.508 e. The van der Waals surface area contributed by atoms with Gasteiger partial charge in [0.05, 0.1) is 4.92 Å². The summed E-state index contributed by atoms with van der Waals surface area (Å²) >= 11 is 0. The fraction of sp³-hybridized carbons (Fsp3) is 0.500. The number of carbonyl (C=O) groups is 1. The third kappa shape index (κ3) is 5.03. The summed E-state index contributed by atoms with van der Waals surface area (Å²) in [6, 6.07) is 3.38. The van der Waals surface area contributed by atoms with E-state index in [4.69, 9.17) is 4.74 Å². The predicted octanol–water partition coefficient (Wildman–Crippen LogP) is 2.09. The average Bonchev–Trinajstić information content (AvgIpc) is 2.42. The van der Waals surface area contributed by atoms with Crippen LogP contribution in [0.25, 0.3) is 0 Å². The number of methoxy groups -OCH3 is 1. The molecule has 2 N–H and O–H groups in total. The van der Waals surface area contributed by atoms with Gasteiger partial charge in [0.2, 0.25) is 0 Å². The molecule has 0 saturated carbocycles. The first-order chi connectivity index (χ1) is 9.76. The summed E-state index contributed by atoms with van der Waals surface area (Å²) in [7, 11) is 1.60. The van der Waals surface area contributed by atoms with Crippen LogP contribution < -0.4 is 5.32 Å². The number of phenols is 1. The summed E-state index contributed by atoms with van der Waals surface area (Å²) in [5.74, 6) is -0.771. The Morgan fingerprint density at radius 1 is 1.48 bits per heavy atom. The molecule has 0 bridgehead atoms. The second kappa shape index (κ2) is 7.03. The van der Waals surface area contributed by atoms with Crippen LogP contribution in [0.2, 0.25) is 0 Å². The molecular formula is C14H20N2O5. The Morgan fingerprint density at radius 2 is 2.14 bits per heavy atom. The Balaban J connectivity index is 2.80. The molecule has 116 valence electrons. The second-order valence-electron chi connectivity index (χ2n) is 5.55. The lowest BCUT2D eigenvalue weighted by atomic mass is 9.89. The van der Waals surface area contributed by atoms with Crippen molar-refractivity contribution in [3.8, 4) is 5.75 Å². The number of carbonyl (C=O) groups excluding carboxylic acids is 1. The van der Waals surface area contributed by atoms with Gasteiger partial charge in [-0.1, -0.05) is 13.8 Å². The minimum atomic E-state index is -0.648. The Bertz CT molecular complexity index is 528. The molecule has 21 heavy (non-hydrogen) atoms. The molecule has 0 aliphatic carbocycles. The van der Waals surface area contributed by atoms with Crippen molar-refractivity contribution in [2.75, 3.05) is 20.3 Å². The van der Waals surface area contributed by atoms with Gasteiger partial charge in [-0.05, 0) is 24.0 Å². The molecule has 1 aromatic rings. The molecule has 1 rings (SSSR count). The van der Waals surface area contributed by atoms with Gasteiger partial charge in [-0.25, -0.2) is 0 Å². The molecular weight excluding hydrogens is 276 g/mol. The van der Waals surface area contributed by atoms with E-state index < -0.39 is 10.8 Å². The number of ether oxygens (including phenoxy) is 1. The highest BCUT2D eigenvalue weighted by atomic mass is 16.6. The fourth-order valence-corrected chi connectivity index (χ4v) is 1.75. The zero-order chi connectivity index (χ0) is 16.0. The Hall–Kier alpha value is -2.15. The number of benzene rings is 1. The molecule has 0 unspecified atom stereocenters. The number of amides is 1. The monoisotopic (exact) mass is 296 g/mol. The first-order valence-electron chi connectivity index (χ1n) is 6.51. The van der Waals surface area contributed by atoms with Crippen molar-refractivity contribution in [3.05, 3.63) is 33.9 Å². The van der Waals surface area contributed by atoms with Crippen LogP contribution >= 0.6 is 0 Å².